The molecule has 1 aliphatic heterocycles. The van der Waals surface area contributed by atoms with Crippen LogP contribution in [0.25, 0.3) is 0 Å². The van der Waals surface area contributed by atoms with Crippen LogP contribution in [-0.4, -0.2) is 56.5 Å². The van der Waals surface area contributed by atoms with Gasteiger partial charge in [0, 0.05) is 17.2 Å². The molecule has 3 aromatic rings. The summed E-state index contributed by atoms with van der Waals surface area (Å²) in [5.74, 6) is -2.95. The normalized spacial score (nSPS) is 16.7. The fourth-order valence-corrected chi connectivity index (χ4v) is 9.16. The van der Waals surface area contributed by atoms with Crippen molar-refractivity contribution in [2.75, 3.05) is 7.11 Å². The number of aromatic nitrogens is 1. The van der Waals surface area contributed by atoms with Crippen LogP contribution in [0, 0.1) is 12.7 Å². The topological polar surface area (TPSA) is 181 Å². The Morgan fingerprint density at radius 1 is 1.16 bits per heavy atom. The highest BCUT2D eigenvalue weighted by atomic mass is 32.2. The molecule has 18 heteroatoms. The number of carboxylic acid groups (broad SMARTS) is 1. The molecule has 2 heterocycles. The molecule has 0 aliphatic carbocycles. The van der Waals surface area contributed by atoms with E-state index in [2.05, 4.69) is 14.4 Å². The summed E-state index contributed by atoms with van der Waals surface area (Å²) in [5, 5.41) is 10.1. The number of aliphatic carboxylic acids is 1. The number of halogens is 1. The summed E-state index contributed by atoms with van der Waals surface area (Å²) in [6.07, 6.45) is 1.68. The third-order valence-electron chi connectivity index (χ3n) is 6.37. The van der Waals surface area contributed by atoms with E-state index >= 15 is 0 Å². The molecule has 3 N–H and O–H groups in total. The second-order valence-electron chi connectivity index (χ2n) is 9.31. The highest BCUT2D eigenvalue weighted by Gasteiger charge is 2.48. The zero-order chi connectivity index (χ0) is 32.3. The number of ether oxygens (including phenoxy) is 1. The van der Waals surface area contributed by atoms with Gasteiger partial charge in [0.1, 0.15) is 11.6 Å². The van der Waals surface area contributed by atoms with Crippen LogP contribution in [0.3, 0.4) is 0 Å². The molecule has 0 saturated carbocycles. The maximum Gasteiger partial charge on any atom is 0.358 e. The molecule has 13 nitrogen and oxygen atoms in total. The maximum absolute atomic E-state index is 14.1. The van der Waals surface area contributed by atoms with Gasteiger partial charge in [0.05, 0.1) is 39.9 Å². The smallest absolute Gasteiger partial charge is 0.358 e. The van der Waals surface area contributed by atoms with Crippen LogP contribution < -0.4 is 14.2 Å². The van der Waals surface area contributed by atoms with Gasteiger partial charge in [-0.15, -0.1) is 11.3 Å². The third-order valence-corrected chi connectivity index (χ3v) is 11.6. The summed E-state index contributed by atoms with van der Waals surface area (Å²) < 4.78 is 77.5. The van der Waals surface area contributed by atoms with Crippen LogP contribution >= 0.6 is 23.1 Å². The van der Waals surface area contributed by atoms with Gasteiger partial charge in [0.15, 0.2) is 11.0 Å². The molecule has 236 valence electrons. The minimum absolute atomic E-state index is 0.137. The molecule has 2 aromatic carbocycles. The fraction of sp³-hybridized carbons (Fsp3) is 0.269. The highest BCUT2D eigenvalue weighted by Crippen LogP contribution is 2.38. The Morgan fingerprint density at radius 2 is 1.91 bits per heavy atom. The molecule has 0 saturated heterocycles. The SMILES string of the molecule is CCC(NS(=O)(=O)c1cc(F)ccc1C)(C(=O)ON1C=C(CC(=O)O)SC1NS(=O)(=O)c1cccc(OC)c1)c1cncs1. The summed E-state index contributed by atoms with van der Waals surface area (Å²) >= 11 is 1.72. The van der Waals surface area contributed by atoms with Gasteiger partial charge in [-0.05, 0) is 43.2 Å². The number of nitrogens with zero attached hydrogens (tertiary/aromatic N) is 2. The largest absolute Gasteiger partial charge is 0.497 e. The van der Waals surface area contributed by atoms with Crippen LogP contribution in [0.4, 0.5) is 4.39 Å². The monoisotopic (exact) mass is 686 g/mol. The lowest BCUT2D eigenvalue weighted by molar-refractivity contribution is -0.189. The molecular formula is C26H27FN4O9S4. The Morgan fingerprint density at radius 3 is 2.55 bits per heavy atom. The number of rotatable bonds is 13. The lowest BCUT2D eigenvalue weighted by Crippen LogP contribution is -2.54. The summed E-state index contributed by atoms with van der Waals surface area (Å²) in [6, 6.07) is 8.76. The van der Waals surface area contributed by atoms with E-state index in [-0.39, 0.29) is 32.4 Å². The standard InChI is InChI=1S/C26H27FN4O9S4/c1-4-26(22-13-28-15-41-22,30-44(37,38)21-10-17(27)9-8-16(21)2)24(34)40-31-14-19(12-23(32)33)42-25(31)29-43(35,36)20-7-5-6-18(11-20)39-3/h5-11,13-15,25,29-30H,4,12H2,1-3H3,(H,32,33). The number of sulfonamides is 2. The average Bonchev–Trinajstić information content (AvgIpc) is 3.63. The van der Waals surface area contributed by atoms with Crippen molar-refractivity contribution < 1.29 is 45.5 Å². The predicted octanol–water partition coefficient (Wildman–Crippen LogP) is 3.27. The Kier molecular flexibility index (Phi) is 10.0. The predicted molar refractivity (Wildman–Crippen MR) is 159 cm³/mol. The number of benzene rings is 2. The molecule has 0 bridgehead atoms. The first kappa shape index (κ1) is 33.3. The second kappa shape index (κ2) is 13.2. The number of hydrogen-bond acceptors (Lipinski definition) is 12. The number of hydroxylamine groups is 2. The van der Waals surface area contributed by atoms with Gasteiger partial charge < -0.3 is 14.7 Å². The Hall–Kier alpha value is -3.55. The van der Waals surface area contributed by atoms with Gasteiger partial charge >= 0.3 is 11.9 Å². The van der Waals surface area contributed by atoms with Crippen molar-refractivity contribution in [2.45, 2.75) is 47.5 Å². The lowest BCUT2D eigenvalue weighted by Gasteiger charge is -2.33. The van der Waals surface area contributed by atoms with Crippen LogP contribution in [0.2, 0.25) is 0 Å². The van der Waals surface area contributed by atoms with Crippen LogP contribution in [0.5, 0.6) is 5.75 Å². The highest BCUT2D eigenvalue weighted by molar-refractivity contribution is 8.04. The van der Waals surface area contributed by atoms with Crippen molar-refractivity contribution in [1.29, 1.82) is 0 Å². The zero-order valence-corrected chi connectivity index (χ0v) is 26.6. The van der Waals surface area contributed by atoms with Crippen LogP contribution in [-0.2, 0) is 40.0 Å². The number of thioether (sulfide) groups is 1. The van der Waals surface area contributed by atoms with Crippen molar-refractivity contribution in [3.63, 3.8) is 0 Å². The molecule has 1 aromatic heterocycles. The number of methoxy groups -OCH3 is 1. The average molecular weight is 687 g/mol. The van der Waals surface area contributed by atoms with E-state index in [1.54, 1.807) is 6.07 Å². The first-order chi connectivity index (χ1) is 20.7. The molecule has 0 amide bonds. The van der Waals surface area contributed by atoms with Crippen molar-refractivity contribution in [1.82, 2.24) is 19.5 Å². The van der Waals surface area contributed by atoms with Gasteiger partial charge in [0.25, 0.3) is 0 Å². The van der Waals surface area contributed by atoms with Crippen molar-refractivity contribution in [3.8, 4) is 5.75 Å². The van der Waals surface area contributed by atoms with Gasteiger partial charge in [-0.25, -0.2) is 26.0 Å². The van der Waals surface area contributed by atoms with Gasteiger partial charge in [0.2, 0.25) is 20.0 Å². The summed E-state index contributed by atoms with van der Waals surface area (Å²) in [5.41, 5.74) is -1.88. The summed E-state index contributed by atoms with van der Waals surface area (Å²) in [6.45, 7) is 2.97. The quantitative estimate of drug-likeness (QED) is 0.239. The molecule has 1 aliphatic rings. The molecule has 0 spiro atoms. The Labute approximate surface area is 261 Å². The first-order valence-electron chi connectivity index (χ1n) is 12.7. The fourth-order valence-electron chi connectivity index (χ4n) is 4.12. The lowest BCUT2D eigenvalue weighted by atomic mass is 9.96. The van der Waals surface area contributed by atoms with Gasteiger partial charge in [-0.3, -0.25) is 9.78 Å². The van der Waals surface area contributed by atoms with Crippen molar-refractivity contribution >= 4 is 55.1 Å². The number of aryl methyl sites for hydroxylation is 1. The summed E-state index contributed by atoms with van der Waals surface area (Å²) in [4.78, 5) is 34.7. The zero-order valence-electron chi connectivity index (χ0n) is 23.4. The van der Waals surface area contributed by atoms with E-state index in [0.717, 1.165) is 46.5 Å². The number of carbonyl (C=O) groups is 2. The number of carboxylic acids is 1. The molecule has 44 heavy (non-hydrogen) atoms. The minimum atomic E-state index is -4.55. The summed E-state index contributed by atoms with van der Waals surface area (Å²) in [7, 11) is -7.46. The molecule has 2 atom stereocenters. The van der Waals surface area contributed by atoms with Crippen molar-refractivity contribution in [3.05, 3.63) is 81.5 Å². The van der Waals surface area contributed by atoms with E-state index in [9.17, 15) is 35.9 Å². The van der Waals surface area contributed by atoms with Gasteiger partial charge in [-0.2, -0.15) is 14.5 Å². The molecule has 2 unspecified atom stereocenters. The first-order valence-corrected chi connectivity index (χ1v) is 17.4. The van der Waals surface area contributed by atoms with E-state index in [1.165, 1.54) is 56.9 Å². The molecule has 0 fully saturated rings. The van der Waals surface area contributed by atoms with E-state index < -0.39 is 60.2 Å². The Balaban J connectivity index is 1.70. The second-order valence-corrected chi connectivity index (χ2v) is 14.8. The molecule has 4 rings (SSSR count). The number of carbonyl (C=O) groups excluding carboxylic acids is 1. The molecule has 0 radical (unpaired) electrons. The molecular weight excluding hydrogens is 660 g/mol. The maximum atomic E-state index is 14.1. The number of hydrogen-bond donors (Lipinski definition) is 3. The Bertz CT molecular complexity index is 1800. The number of nitrogens with one attached hydrogen (secondary N) is 2. The number of thiazole rings is 1. The third kappa shape index (κ3) is 7.22. The van der Waals surface area contributed by atoms with E-state index in [4.69, 9.17) is 9.57 Å². The van der Waals surface area contributed by atoms with Crippen LogP contribution in [0.15, 0.2) is 75.1 Å². The van der Waals surface area contributed by atoms with E-state index in [0.29, 0.717) is 0 Å². The van der Waals surface area contributed by atoms with Gasteiger partial charge in [-0.1, -0.05) is 30.8 Å². The van der Waals surface area contributed by atoms with Crippen molar-refractivity contribution in [2.24, 2.45) is 0 Å². The van der Waals surface area contributed by atoms with Crippen LogP contribution in [0.1, 0.15) is 30.2 Å². The van der Waals surface area contributed by atoms with E-state index in [1.807, 2.05) is 0 Å². The minimum Gasteiger partial charge on any atom is -0.497 e.